The number of aromatic hydroxyl groups is 1. The molecule has 0 fully saturated rings. The molecular weight excluding hydrogens is 296 g/mol. The van der Waals surface area contributed by atoms with Crippen LogP contribution < -0.4 is 4.74 Å². The maximum absolute atomic E-state index is 9.35. The fourth-order valence-electron chi connectivity index (χ4n) is 2.58. The number of ether oxygens (including phenoxy) is 1. The van der Waals surface area contributed by atoms with Crippen LogP contribution in [0.3, 0.4) is 0 Å². The molecule has 0 heterocycles. The van der Waals surface area contributed by atoms with E-state index < -0.39 is 0 Å². The summed E-state index contributed by atoms with van der Waals surface area (Å²) in [5, 5.41) is 9.35. The molecule has 24 heavy (non-hydrogen) atoms. The molecular formula is C22H28O2. The van der Waals surface area contributed by atoms with Gasteiger partial charge in [-0.3, -0.25) is 0 Å². The van der Waals surface area contributed by atoms with Gasteiger partial charge in [0, 0.05) is 0 Å². The van der Waals surface area contributed by atoms with Crippen molar-refractivity contribution in [2.24, 2.45) is 5.92 Å². The van der Waals surface area contributed by atoms with E-state index in [1.54, 1.807) is 12.1 Å². The number of phenolic OH excluding ortho intramolecular Hbond substituents is 1. The first-order valence-electron chi connectivity index (χ1n) is 8.70. The molecule has 128 valence electrons. The molecule has 1 N–H and O–H groups in total. The van der Waals surface area contributed by atoms with E-state index in [9.17, 15) is 5.11 Å². The Morgan fingerprint density at radius 1 is 0.958 bits per heavy atom. The Balaban J connectivity index is 1.77. The number of phenols is 1. The summed E-state index contributed by atoms with van der Waals surface area (Å²) in [6.07, 6.45) is 5.76. The van der Waals surface area contributed by atoms with Crippen molar-refractivity contribution in [3.05, 3.63) is 60.2 Å². The molecule has 0 unspecified atom stereocenters. The van der Waals surface area contributed by atoms with Crippen LogP contribution in [0.15, 0.2) is 60.2 Å². The summed E-state index contributed by atoms with van der Waals surface area (Å²) in [4.78, 5) is 0. The van der Waals surface area contributed by atoms with Crippen LogP contribution in [0.25, 0.3) is 11.1 Å². The molecule has 0 saturated heterocycles. The molecule has 0 radical (unpaired) electrons. The smallest absolute Gasteiger partial charge is 0.119 e. The Morgan fingerprint density at radius 3 is 2.12 bits per heavy atom. The highest BCUT2D eigenvalue weighted by Gasteiger charge is 2.03. The predicted octanol–water partition coefficient (Wildman–Crippen LogP) is 6.21. The molecule has 0 aromatic heterocycles. The van der Waals surface area contributed by atoms with E-state index in [0.717, 1.165) is 36.3 Å². The van der Waals surface area contributed by atoms with Gasteiger partial charge in [-0.1, -0.05) is 42.8 Å². The van der Waals surface area contributed by atoms with E-state index in [-0.39, 0.29) is 5.75 Å². The van der Waals surface area contributed by atoms with Gasteiger partial charge < -0.3 is 9.84 Å². The summed E-state index contributed by atoms with van der Waals surface area (Å²) < 4.78 is 5.86. The number of rotatable bonds is 8. The molecule has 0 aliphatic carbocycles. The molecule has 0 spiro atoms. The molecule has 0 bridgehead atoms. The fraction of sp³-hybridized carbons (Fsp3) is 0.364. The van der Waals surface area contributed by atoms with Gasteiger partial charge in [0.15, 0.2) is 0 Å². The molecule has 2 aromatic carbocycles. The van der Waals surface area contributed by atoms with Gasteiger partial charge in [-0.15, -0.1) is 0 Å². The summed E-state index contributed by atoms with van der Waals surface area (Å²) in [6.45, 7) is 7.34. The van der Waals surface area contributed by atoms with Crippen LogP contribution in [-0.2, 0) is 0 Å². The molecule has 2 aromatic rings. The van der Waals surface area contributed by atoms with Crippen LogP contribution in [0.5, 0.6) is 11.5 Å². The summed E-state index contributed by atoms with van der Waals surface area (Å²) in [7, 11) is 0. The second-order valence-electron chi connectivity index (χ2n) is 6.67. The van der Waals surface area contributed by atoms with Crippen LogP contribution >= 0.6 is 0 Å². The van der Waals surface area contributed by atoms with Crippen LogP contribution in [0, 0.1) is 5.92 Å². The first-order valence-corrected chi connectivity index (χ1v) is 8.70. The van der Waals surface area contributed by atoms with Crippen molar-refractivity contribution >= 4 is 0 Å². The molecule has 0 saturated carbocycles. The maximum atomic E-state index is 9.35. The molecule has 0 aliphatic heterocycles. The van der Waals surface area contributed by atoms with E-state index in [1.807, 2.05) is 24.3 Å². The average Bonchev–Trinajstić information content (AvgIpc) is 2.56. The third kappa shape index (κ3) is 6.11. The molecule has 2 heteroatoms. The minimum atomic E-state index is 0.289. The van der Waals surface area contributed by atoms with Gasteiger partial charge in [0.1, 0.15) is 11.5 Å². The van der Waals surface area contributed by atoms with Gasteiger partial charge in [0.05, 0.1) is 6.61 Å². The van der Waals surface area contributed by atoms with Crippen molar-refractivity contribution < 1.29 is 9.84 Å². The highest BCUT2D eigenvalue weighted by atomic mass is 16.5. The number of allylic oxidation sites excluding steroid dienone is 2. The summed E-state index contributed by atoms with van der Waals surface area (Å²) >= 11 is 0. The standard InChI is InChI=1S/C22H28O2/c1-17(2)5-4-6-18(3)15-16-24-22-13-9-20(10-14-22)19-7-11-21(23)12-8-19/h5,7-14,18,23H,4,6,15-16H2,1-3H3/t18-/m0/s1. The van der Waals surface area contributed by atoms with Crippen molar-refractivity contribution in [1.82, 2.24) is 0 Å². The second-order valence-corrected chi connectivity index (χ2v) is 6.67. The minimum absolute atomic E-state index is 0.289. The first kappa shape index (κ1) is 18.1. The molecule has 2 nitrogen and oxygen atoms in total. The zero-order valence-corrected chi connectivity index (χ0v) is 15.0. The van der Waals surface area contributed by atoms with Crippen LogP contribution in [-0.4, -0.2) is 11.7 Å². The highest BCUT2D eigenvalue weighted by molar-refractivity contribution is 5.64. The van der Waals surface area contributed by atoms with Gasteiger partial charge >= 0.3 is 0 Å². The Morgan fingerprint density at radius 2 is 1.54 bits per heavy atom. The fourth-order valence-corrected chi connectivity index (χ4v) is 2.58. The number of benzene rings is 2. The monoisotopic (exact) mass is 324 g/mol. The van der Waals surface area contributed by atoms with Gasteiger partial charge in [0.25, 0.3) is 0 Å². The summed E-state index contributed by atoms with van der Waals surface area (Å²) in [5.74, 6) is 1.88. The van der Waals surface area contributed by atoms with Crippen LogP contribution in [0.1, 0.15) is 40.0 Å². The third-order valence-corrected chi connectivity index (χ3v) is 4.15. The van der Waals surface area contributed by atoms with E-state index in [0.29, 0.717) is 5.92 Å². The van der Waals surface area contributed by atoms with E-state index in [1.165, 1.54) is 12.0 Å². The zero-order chi connectivity index (χ0) is 17.4. The Hall–Kier alpha value is -2.22. The van der Waals surface area contributed by atoms with Gasteiger partial charge in [-0.2, -0.15) is 0 Å². The van der Waals surface area contributed by atoms with Crippen LogP contribution in [0.4, 0.5) is 0 Å². The summed E-state index contributed by atoms with van der Waals surface area (Å²) in [5.41, 5.74) is 3.61. The third-order valence-electron chi connectivity index (χ3n) is 4.15. The SMILES string of the molecule is CC(C)=CCC[C@H](C)CCOc1ccc(-c2ccc(O)cc2)cc1. The van der Waals surface area contributed by atoms with Crippen molar-refractivity contribution in [3.8, 4) is 22.6 Å². The topological polar surface area (TPSA) is 29.5 Å². The lowest BCUT2D eigenvalue weighted by Gasteiger charge is -2.12. The Bertz CT molecular complexity index is 635. The maximum Gasteiger partial charge on any atom is 0.119 e. The normalized spacial score (nSPS) is 11.8. The second kappa shape index (κ2) is 9.17. The largest absolute Gasteiger partial charge is 0.508 e. The lowest BCUT2D eigenvalue weighted by molar-refractivity contribution is 0.279. The highest BCUT2D eigenvalue weighted by Crippen LogP contribution is 2.24. The number of hydrogen-bond donors (Lipinski definition) is 1. The van der Waals surface area contributed by atoms with Crippen LogP contribution in [0.2, 0.25) is 0 Å². The van der Waals surface area contributed by atoms with Gasteiger partial charge in [-0.25, -0.2) is 0 Å². The minimum Gasteiger partial charge on any atom is -0.508 e. The average molecular weight is 324 g/mol. The Labute approximate surface area is 145 Å². The quantitative estimate of drug-likeness (QED) is 0.585. The molecule has 2 rings (SSSR count). The van der Waals surface area contributed by atoms with Crippen molar-refractivity contribution in [2.45, 2.75) is 40.0 Å². The van der Waals surface area contributed by atoms with E-state index >= 15 is 0 Å². The van der Waals surface area contributed by atoms with Gasteiger partial charge in [0.2, 0.25) is 0 Å². The first-order chi connectivity index (χ1) is 11.5. The zero-order valence-electron chi connectivity index (χ0n) is 15.0. The molecule has 0 aliphatic rings. The van der Waals surface area contributed by atoms with E-state index in [4.69, 9.17) is 4.74 Å². The lowest BCUT2D eigenvalue weighted by atomic mass is 10.0. The number of hydrogen-bond acceptors (Lipinski definition) is 2. The van der Waals surface area contributed by atoms with Crippen molar-refractivity contribution in [2.75, 3.05) is 6.61 Å². The lowest BCUT2D eigenvalue weighted by Crippen LogP contribution is -2.04. The Kier molecular flexibility index (Phi) is 6.92. The molecule has 0 amide bonds. The van der Waals surface area contributed by atoms with E-state index in [2.05, 4.69) is 39.0 Å². The predicted molar refractivity (Wildman–Crippen MR) is 101 cm³/mol. The molecule has 1 atom stereocenters. The van der Waals surface area contributed by atoms with Crippen molar-refractivity contribution in [1.29, 1.82) is 0 Å². The summed E-state index contributed by atoms with van der Waals surface area (Å²) in [6, 6.07) is 15.4. The van der Waals surface area contributed by atoms with Crippen molar-refractivity contribution in [3.63, 3.8) is 0 Å². The van der Waals surface area contributed by atoms with Gasteiger partial charge in [-0.05, 0) is 74.4 Å².